The van der Waals surface area contributed by atoms with Crippen LogP contribution in [0.25, 0.3) is 0 Å². The van der Waals surface area contributed by atoms with Gasteiger partial charge in [-0.15, -0.1) is 0 Å². The molecule has 0 bridgehead atoms. The number of nitrogens with zero attached hydrogens (tertiary/aromatic N) is 2. The summed E-state index contributed by atoms with van der Waals surface area (Å²) in [5, 5.41) is 3.15. The van der Waals surface area contributed by atoms with E-state index in [1.165, 1.54) is 0 Å². The van der Waals surface area contributed by atoms with Crippen LogP contribution in [-0.4, -0.2) is 46.2 Å². The van der Waals surface area contributed by atoms with Crippen LogP contribution in [0.3, 0.4) is 0 Å². The van der Waals surface area contributed by atoms with E-state index in [9.17, 15) is 4.79 Å². The van der Waals surface area contributed by atoms with Gasteiger partial charge in [0.1, 0.15) is 5.75 Å². The molecular formula is C20H25N3O2. The van der Waals surface area contributed by atoms with Crippen LogP contribution in [-0.2, 0) is 0 Å². The maximum absolute atomic E-state index is 12.5. The van der Waals surface area contributed by atoms with Gasteiger partial charge in [-0.25, -0.2) is 0 Å². The molecular weight excluding hydrogens is 314 g/mol. The first-order chi connectivity index (χ1) is 12.1. The van der Waals surface area contributed by atoms with Crippen molar-refractivity contribution in [3.63, 3.8) is 0 Å². The van der Waals surface area contributed by atoms with Gasteiger partial charge in [0.25, 0.3) is 5.91 Å². The van der Waals surface area contributed by atoms with Crippen molar-refractivity contribution in [1.29, 1.82) is 0 Å². The zero-order chi connectivity index (χ0) is 17.8. The van der Waals surface area contributed by atoms with Gasteiger partial charge in [0.05, 0.1) is 12.8 Å². The van der Waals surface area contributed by atoms with Crippen molar-refractivity contribution in [3.05, 3.63) is 54.1 Å². The average Bonchev–Trinajstić information content (AvgIpc) is 3.10. The van der Waals surface area contributed by atoms with Gasteiger partial charge in [0.2, 0.25) is 0 Å². The molecule has 0 spiro atoms. The number of benzene rings is 2. The summed E-state index contributed by atoms with van der Waals surface area (Å²) in [4.78, 5) is 16.8. The number of carbonyl (C=O) groups is 1. The molecule has 5 nitrogen and oxygen atoms in total. The number of rotatable bonds is 5. The zero-order valence-electron chi connectivity index (χ0n) is 15.0. The quantitative estimate of drug-likeness (QED) is 0.910. The minimum atomic E-state index is -0.0165. The van der Waals surface area contributed by atoms with Crippen LogP contribution in [0.2, 0.25) is 0 Å². The number of methoxy groups -OCH3 is 1. The fourth-order valence-electron chi connectivity index (χ4n) is 3.17. The van der Waals surface area contributed by atoms with Crippen LogP contribution < -0.4 is 19.9 Å². The topological polar surface area (TPSA) is 44.8 Å². The molecule has 1 N–H and O–H groups in total. The Morgan fingerprint density at radius 2 is 1.88 bits per heavy atom. The Balaban J connectivity index is 1.62. The standard InChI is InChI=1S/C20H25N3O2/c1-22(2)17-10-8-15(9-11-17)20(24)21-16-12-13-23(14-16)18-6-4-5-7-19(18)25-3/h4-11,16H,12-14H2,1-3H3,(H,21,24). The van der Waals surface area contributed by atoms with E-state index in [0.29, 0.717) is 5.56 Å². The molecule has 1 unspecified atom stereocenters. The maximum Gasteiger partial charge on any atom is 0.251 e. The molecule has 0 aromatic heterocycles. The highest BCUT2D eigenvalue weighted by atomic mass is 16.5. The lowest BCUT2D eigenvalue weighted by atomic mass is 10.1. The van der Waals surface area contributed by atoms with Crippen LogP contribution in [0, 0.1) is 0 Å². The van der Waals surface area contributed by atoms with E-state index in [0.717, 1.165) is 36.6 Å². The van der Waals surface area contributed by atoms with Gasteiger partial charge in [-0.05, 0) is 42.8 Å². The molecule has 1 heterocycles. The van der Waals surface area contributed by atoms with E-state index in [1.807, 2.05) is 61.5 Å². The highest BCUT2D eigenvalue weighted by molar-refractivity contribution is 5.94. The van der Waals surface area contributed by atoms with Gasteiger partial charge < -0.3 is 19.9 Å². The average molecular weight is 339 g/mol. The Kier molecular flexibility index (Phi) is 5.12. The number of hydrogen-bond acceptors (Lipinski definition) is 4. The molecule has 2 aromatic rings. The Bertz CT molecular complexity index is 728. The number of ether oxygens (including phenoxy) is 1. The molecule has 3 rings (SSSR count). The predicted octanol–water partition coefficient (Wildman–Crippen LogP) is 2.77. The van der Waals surface area contributed by atoms with E-state index >= 15 is 0 Å². The number of anilines is 2. The molecule has 5 heteroatoms. The molecule has 1 aliphatic heterocycles. The van der Waals surface area contributed by atoms with Crippen molar-refractivity contribution in [2.24, 2.45) is 0 Å². The lowest BCUT2D eigenvalue weighted by molar-refractivity contribution is 0.0940. The first-order valence-corrected chi connectivity index (χ1v) is 8.54. The molecule has 0 saturated carbocycles. The SMILES string of the molecule is COc1ccccc1N1CCC(NC(=O)c2ccc(N(C)C)cc2)C1. The van der Waals surface area contributed by atoms with E-state index in [-0.39, 0.29) is 11.9 Å². The fraction of sp³-hybridized carbons (Fsp3) is 0.350. The van der Waals surface area contributed by atoms with Crippen LogP contribution in [0.15, 0.2) is 48.5 Å². The van der Waals surface area contributed by atoms with Gasteiger partial charge >= 0.3 is 0 Å². The second-order valence-electron chi connectivity index (χ2n) is 6.52. The van der Waals surface area contributed by atoms with Crippen LogP contribution in [0.4, 0.5) is 11.4 Å². The number of nitrogens with one attached hydrogen (secondary N) is 1. The number of carbonyl (C=O) groups excluding carboxylic acids is 1. The molecule has 1 amide bonds. The number of hydrogen-bond donors (Lipinski definition) is 1. The van der Waals surface area contributed by atoms with Gasteiger partial charge in [-0.2, -0.15) is 0 Å². The van der Waals surface area contributed by atoms with Crippen molar-refractivity contribution in [3.8, 4) is 5.75 Å². The highest BCUT2D eigenvalue weighted by Crippen LogP contribution is 2.30. The van der Waals surface area contributed by atoms with E-state index in [2.05, 4.69) is 16.3 Å². The summed E-state index contributed by atoms with van der Waals surface area (Å²) in [5.41, 5.74) is 2.86. The molecule has 0 radical (unpaired) electrons. The summed E-state index contributed by atoms with van der Waals surface area (Å²) in [7, 11) is 5.66. The third-order valence-corrected chi connectivity index (χ3v) is 4.60. The normalized spacial score (nSPS) is 16.6. The zero-order valence-corrected chi connectivity index (χ0v) is 15.0. The van der Waals surface area contributed by atoms with Gasteiger partial charge in [0.15, 0.2) is 0 Å². The summed E-state index contributed by atoms with van der Waals surface area (Å²) in [6.45, 7) is 1.70. The number of para-hydroxylation sites is 2. The summed E-state index contributed by atoms with van der Waals surface area (Å²) >= 11 is 0. The third kappa shape index (κ3) is 3.87. The summed E-state index contributed by atoms with van der Waals surface area (Å²) in [6.07, 6.45) is 0.930. The van der Waals surface area contributed by atoms with Crippen molar-refractivity contribution in [1.82, 2.24) is 5.32 Å². The fourth-order valence-corrected chi connectivity index (χ4v) is 3.17. The summed E-state index contributed by atoms with van der Waals surface area (Å²) in [6, 6.07) is 15.8. The first-order valence-electron chi connectivity index (χ1n) is 8.54. The van der Waals surface area contributed by atoms with Crippen molar-refractivity contribution in [2.45, 2.75) is 12.5 Å². The molecule has 25 heavy (non-hydrogen) atoms. The lowest BCUT2D eigenvalue weighted by Crippen LogP contribution is -2.37. The van der Waals surface area contributed by atoms with Gasteiger partial charge in [-0.1, -0.05) is 12.1 Å². The number of amides is 1. The molecule has 1 saturated heterocycles. The van der Waals surface area contributed by atoms with Crippen LogP contribution in [0.5, 0.6) is 5.75 Å². The van der Waals surface area contributed by atoms with Crippen LogP contribution >= 0.6 is 0 Å². The Labute approximate surface area is 149 Å². The Hall–Kier alpha value is -2.69. The third-order valence-electron chi connectivity index (χ3n) is 4.60. The second-order valence-corrected chi connectivity index (χ2v) is 6.52. The first kappa shape index (κ1) is 17.1. The summed E-state index contributed by atoms with van der Waals surface area (Å²) < 4.78 is 5.44. The van der Waals surface area contributed by atoms with E-state index in [1.54, 1.807) is 7.11 Å². The molecule has 2 aromatic carbocycles. The molecule has 1 fully saturated rings. The molecule has 1 atom stereocenters. The van der Waals surface area contributed by atoms with Crippen molar-refractivity contribution >= 4 is 17.3 Å². The molecule has 0 aliphatic carbocycles. The van der Waals surface area contributed by atoms with Crippen molar-refractivity contribution in [2.75, 3.05) is 44.1 Å². The molecule has 1 aliphatic rings. The monoisotopic (exact) mass is 339 g/mol. The van der Waals surface area contributed by atoms with Gasteiger partial charge in [0, 0.05) is 44.5 Å². The highest BCUT2D eigenvalue weighted by Gasteiger charge is 2.26. The van der Waals surface area contributed by atoms with Gasteiger partial charge in [-0.3, -0.25) is 4.79 Å². The minimum Gasteiger partial charge on any atom is -0.495 e. The predicted molar refractivity (Wildman–Crippen MR) is 102 cm³/mol. The van der Waals surface area contributed by atoms with Crippen molar-refractivity contribution < 1.29 is 9.53 Å². The van der Waals surface area contributed by atoms with Crippen LogP contribution in [0.1, 0.15) is 16.8 Å². The van der Waals surface area contributed by atoms with E-state index in [4.69, 9.17) is 4.74 Å². The summed E-state index contributed by atoms with van der Waals surface area (Å²) in [5.74, 6) is 0.853. The Morgan fingerprint density at radius 3 is 2.56 bits per heavy atom. The minimum absolute atomic E-state index is 0.0165. The lowest BCUT2D eigenvalue weighted by Gasteiger charge is -2.21. The largest absolute Gasteiger partial charge is 0.495 e. The second kappa shape index (κ2) is 7.47. The smallest absolute Gasteiger partial charge is 0.251 e. The molecule has 132 valence electrons. The maximum atomic E-state index is 12.5. The Morgan fingerprint density at radius 1 is 1.16 bits per heavy atom. The van der Waals surface area contributed by atoms with E-state index < -0.39 is 0 Å².